The summed E-state index contributed by atoms with van der Waals surface area (Å²) in [5.41, 5.74) is -0.264. The second-order valence-electron chi connectivity index (χ2n) is 6.89. The van der Waals surface area contributed by atoms with Gasteiger partial charge in [-0.1, -0.05) is 47.3 Å². The lowest BCUT2D eigenvalue weighted by atomic mass is 9.90. The summed E-state index contributed by atoms with van der Waals surface area (Å²) in [6, 6.07) is 5.95. The topological polar surface area (TPSA) is 40.5 Å². The van der Waals surface area contributed by atoms with E-state index in [4.69, 9.17) is 34.8 Å². The average molecular weight is 467 g/mol. The smallest absolute Gasteiger partial charge is 0.416 e. The molecule has 1 fully saturated rings. The molecule has 0 amide bonds. The van der Waals surface area contributed by atoms with Crippen LogP contribution in [0.3, 0.4) is 0 Å². The molecule has 1 aliphatic heterocycles. The Morgan fingerprint density at radius 2 is 1.76 bits per heavy atom. The zero-order valence-corrected chi connectivity index (χ0v) is 17.3. The maximum atomic E-state index is 13.4. The Hall–Kier alpha value is -1.47. The highest BCUT2D eigenvalue weighted by atomic mass is 35.5. The number of carboxylic acid groups (broad SMARTS) is 1. The molecule has 2 aromatic carbocycles. The van der Waals surface area contributed by atoms with Crippen molar-refractivity contribution in [3.05, 3.63) is 68.2 Å². The molecule has 0 spiro atoms. The summed E-state index contributed by atoms with van der Waals surface area (Å²) in [6.45, 7) is 0.382. The van der Waals surface area contributed by atoms with E-state index in [9.17, 15) is 23.1 Å². The van der Waals surface area contributed by atoms with Crippen molar-refractivity contribution in [2.75, 3.05) is 6.54 Å². The predicted octanol–water partition coefficient (Wildman–Crippen LogP) is 6.69. The Morgan fingerprint density at radius 1 is 1.03 bits per heavy atom. The van der Waals surface area contributed by atoms with E-state index < -0.39 is 29.8 Å². The predicted molar refractivity (Wildman–Crippen MR) is 107 cm³/mol. The fraction of sp³-hybridized carbons (Fsp3) is 0.350. The Labute approximate surface area is 181 Å². The molecule has 3 nitrogen and oxygen atoms in total. The summed E-state index contributed by atoms with van der Waals surface area (Å²) < 4.78 is 40.1. The van der Waals surface area contributed by atoms with Gasteiger partial charge < -0.3 is 5.11 Å². The van der Waals surface area contributed by atoms with Crippen molar-refractivity contribution in [1.82, 2.24) is 4.90 Å². The quantitative estimate of drug-likeness (QED) is 0.545. The SMILES string of the molecule is O=C(O)C1CCCCN1C(c1ccc(Cl)cc1Cl)c1cc(C(F)(F)F)ccc1Cl. The minimum atomic E-state index is -4.57. The monoisotopic (exact) mass is 465 g/mol. The molecule has 1 N–H and O–H groups in total. The fourth-order valence-electron chi connectivity index (χ4n) is 3.71. The number of piperidine rings is 1. The Kier molecular flexibility index (Phi) is 6.68. The summed E-state index contributed by atoms with van der Waals surface area (Å²) in [6.07, 6.45) is -2.76. The number of hydrogen-bond donors (Lipinski definition) is 1. The molecule has 1 saturated heterocycles. The highest BCUT2D eigenvalue weighted by Gasteiger charge is 2.38. The standard InChI is InChI=1S/C20H17Cl3F3NO2/c21-12-5-6-13(16(23)10-12)18(27-8-2-1-3-17(27)19(28)29)14-9-11(20(24,25)26)4-7-15(14)22/h4-7,9-10,17-18H,1-3,8H2,(H,28,29). The van der Waals surface area contributed by atoms with E-state index in [1.54, 1.807) is 17.0 Å². The summed E-state index contributed by atoms with van der Waals surface area (Å²) in [5.74, 6) is -1.04. The van der Waals surface area contributed by atoms with Crippen molar-refractivity contribution in [3.63, 3.8) is 0 Å². The molecular formula is C20H17Cl3F3NO2. The highest BCUT2D eigenvalue weighted by molar-refractivity contribution is 6.35. The van der Waals surface area contributed by atoms with Crippen molar-refractivity contribution in [1.29, 1.82) is 0 Å². The van der Waals surface area contributed by atoms with Crippen molar-refractivity contribution < 1.29 is 23.1 Å². The van der Waals surface area contributed by atoms with E-state index >= 15 is 0 Å². The van der Waals surface area contributed by atoms with Crippen LogP contribution in [-0.4, -0.2) is 28.6 Å². The van der Waals surface area contributed by atoms with Gasteiger partial charge in [-0.25, -0.2) is 0 Å². The van der Waals surface area contributed by atoms with E-state index in [0.717, 1.165) is 12.1 Å². The zero-order valence-electron chi connectivity index (χ0n) is 15.0. The van der Waals surface area contributed by atoms with Gasteiger partial charge in [0.25, 0.3) is 0 Å². The molecule has 0 saturated carbocycles. The van der Waals surface area contributed by atoms with Gasteiger partial charge in [0, 0.05) is 15.1 Å². The van der Waals surface area contributed by atoms with Crippen LogP contribution in [0.2, 0.25) is 15.1 Å². The molecule has 0 aliphatic carbocycles. The number of carbonyl (C=O) groups is 1. The molecule has 29 heavy (non-hydrogen) atoms. The van der Waals surface area contributed by atoms with Crippen LogP contribution < -0.4 is 0 Å². The molecule has 2 aromatic rings. The largest absolute Gasteiger partial charge is 0.480 e. The van der Waals surface area contributed by atoms with Gasteiger partial charge in [0.05, 0.1) is 11.6 Å². The first-order valence-electron chi connectivity index (χ1n) is 8.89. The molecular weight excluding hydrogens is 450 g/mol. The minimum absolute atomic E-state index is 0.101. The molecule has 2 unspecified atom stereocenters. The van der Waals surface area contributed by atoms with Crippen molar-refractivity contribution >= 4 is 40.8 Å². The summed E-state index contributed by atoms with van der Waals surface area (Å²) in [7, 11) is 0. The molecule has 0 bridgehead atoms. The lowest BCUT2D eigenvalue weighted by molar-refractivity contribution is -0.145. The van der Waals surface area contributed by atoms with Gasteiger partial charge in [-0.05, 0) is 60.8 Å². The van der Waals surface area contributed by atoms with Gasteiger partial charge >= 0.3 is 12.1 Å². The first-order valence-corrected chi connectivity index (χ1v) is 10.0. The second kappa shape index (κ2) is 8.72. The van der Waals surface area contributed by atoms with E-state index in [0.29, 0.717) is 36.4 Å². The van der Waals surface area contributed by atoms with Crippen LogP contribution >= 0.6 is 34.8 Å². The van der Waals surface area contributed by atoms with Crippen molar-refractivity contribution in [2.45, 2.75) is 37.5 Å². The molecule has 1 aliphatic rings. The molecule has 9 heteroatoms. The molecule has 2 atom stereocenters. The Bertz CT molecular complexity index is 920. The maximum Gasteiger partial charge on any atom is 0.416 e. The molecule has 0 aromatic heterocycles. The van der Waals surface area contributed by atoms with Crippen LogP contribution in [0, 0.1) is 0 Å². The van der Waals surface area contributed by atoms with Crippen LogP contribution in [0.25, 0.3) is 0 Å². The average Bonchev–Trinajstić information content (AvgIpc) is 2.64. The first kappa shape index (κ1) is 22.2. The molecule has 156 valence electrons. The van der Waals surface area contributed by atoms with Crippen molar-refractivity contribution in [3.8, 4) is 0 Å². The van der Waals surface area contributed by atoms with E-state index in [1.165, 1.54) is 12.1 Å². The van der Waals surface area contributed by atoms with E-state index in [-0.39, 0.29) is 15.6 Å². The van der Waals surface area contributed by atoms with Gasteiger partial charge in [0.2, 0.25) is 0 Å². The van der Waals surface area contributed by atoms with Gasteiger partial charge in [-0.15, -0.1) is 0 Å². The lowest BCUT2D eigenvalue weighted by Gasteiger charge is -2.40. The Morgan fingerprint density at radius 3 is 2.38 bits per heavy atom. The normalized spacial score (nSPS) is 19.2. The first-order chi connectivity index (χ1) is 13.6. The minimum Gasteiger partial charge on any atom is -0.480 e. The number of likely N-dealkylation sites (tertiary alicyclic amines) is 1. The summed E-state index contributed by atoms with van der Waals surface area (Å²) in [5, 5.41) is 10.4. The van der Waals surface area contributed by atoms with E-state index in [2.05, 4.69) is 0 Å². The van der Waals surface area contributed by atoms with Crippen LogP contribution in [-0.2, 0) is 11.0 Å². The number of benzene rings is 2. The number of halogens is 6. The van der Waals surface area contributed by atoms with Gasteiger partial charge in [0.1, 0.15) is 6.04 Å². The summed E-state index contributed by atoms with van der Waals surface area (Å²) in [4.78, 5) is 13.5. The second-order valence-corrected chi connectivity index (χ2v) is 8.14. The van der Waals surface area contributed by atoms with Crippen LogP contribution in [0.5, 0.6) is 0 Å². The van der Waals surface area contributed by atoms with Gasteiger partial charge in [-0.2, -0.15) is 13.2 Å². The third-order valence-corrected chi connectivity index (χ3v) is 5.94. The number of rotatable bonds is 4. The zero-order chi connectivity index (χ0) is 21.3. The number of alkyl halides is 3. The van der Waals surface area contributed by atoms with Gasteiger partial charge in [0.15, 0.2) is 0 Å². The third kappa shape index (κ3) is 4.82. The lowest BCUT2D eigenvalue weighted by Crippen LogP contribution is -2.47. The number of aliphatic carboxylic acids is 1. The Balaban J connectivity index is 2.22. The van der Waals surface area contributed by atoms with E-state index in [1.807, 2.05) is 0 Å². The molecule has 0 radical (unpaired) electrons. The van der Waals surface area contributed by atoms with Crippen LogP contribution in [0.4, 0.5) is 13.2 Å². The van der Waals surface area contributed by atoms with Crippen LogP contribution in [0.1, 0.15) is 42.0 Å². The molecule has 3 rings (SSSR count). The molecule has 1 heterocycles. The maximum absolute atomic E-state index is 13.4. The highest BCUT2D eigenvalue weighted by Crippen LogP contribution is 2.42. The summed E-state index contributed by atoms with van der Waals surface area (Å²) >= 11 is 18.7. The van der Waals surface area contributed by atoms with Crippen LogP contribution in [0.15, 0.2) is 36.4 Å². The van der Waals surface area contributed by atoms with Gasteiger partial charge in [-0.3, -0.25) is 9.69 Å². The number of nitrogens with zero attached hydrogens (tertiary/aromatic N) is 1. The number of hydrogen-bond acceptors (Lipinski definition) is 2. The third-order valence-electron chi connectivity index (χ3n) is 5.04. The number of carboxylic acids is 1. The van der Waals surface area contributed by atoms with Crippen molar-refractivity contribution in [2.24, 2.45) is 0 Å². The fourth-order valence-corrected chi connectivity index (χ4v) is 4.44.